The van der Waals surface area contributed by atoms with Gasteiger partial charge in [-0.3, -0.25) is 4.79 Å². The largest absolute Gasteiger partial charge is 0.496 e. The van der Waals surface area contributed by atoms with E-state index in [9.17, 15) is 9.18 Å². The number of carbonyl (C=O) groups excluding carboxylic acids is 1. The van der Waals surface area contributed by atoms with Gasteiger partial charge in [0.25, 0.3) is 5.91 Å². The molecular weight excluding hydrogens is 353 g/mol. The molecule has 2 aromatic rings. The molecule has 1 N–H and O–H groups in total. The Morgan fingerprint density at radius 1 is 1.36 bits per heavy atom. The number of methoxy groups -OCH3 is 1. The van der Waals surface area contributed by atoms with Crippen molar-refractivity contribution in [2.45, 2.75) is 6.04 Å². The number of hydrogen-bond acceptors (Lipinski definition) is 3. The molecule has 114 valence electrons. The Kier molecular flexibility index (Phi) is 4.02. The molecule has 22 heavy (non-hydrogen) atoms. The van der Waals surface area contributed by atoms with Crippen molar-refractivity contribution in [3.05, 3.63) is 57.8 Å². The molecule has 4 nitrogen and oxygen atoms in total. The molecule has 0 radical (unpaired) electrons. The zero-order valence-electron chi connectivity index (χ0n) is 11.7. The minimum Gasteiger partial charge on any atom is -0.496 e. The molecule has 1 aliphatic heterocycles. The van der Waals surface area contributed by atoms with Gasteiger partial charge in [-0.05, 0) is 30.3 Å². The molecule has 0 aromatic heterocycles. The van der Waals surface area contributed by atoms with E-state index in [1.54, 1.807) is 0 Å². The lowest BCUT2D eigenvalue weighted by atomic mass is 10.1. The van der Waals surface area contributed by atoms with Gasteiger partial charge in [0.15, 0.2) is 0 Å². The summed E-state index contributed by atoms with van der Waals surface area (Å²) in [4.78, 5) is 12.4. The topological polar surface area (TPSA) is 47.6 Å². The van der Waals surface area contributed by atoms with Gasteiger partial charge in [0.05, 0.1) is 18.7 Å². The monoisotopic (exact) mass is 365 g/mol. The number of hydrogen-bond donors (Lipinski definition) is 1. The first-order valence-corrected chi connectivity index (χ1v) is 7.44. The van der Waals surface area contributed by atoms with Crippen LogP contribution in [0.15, 0.2) is 40.9 Å². The van der Waals surface area contributed by atoms with Crippen LogP contribution >= 0.6 is 15.9 Å². The van der Waals surface area contributed by atoms with Crippen molar-refractivity contribution in [1.82, 2.24) is 5.32 Å². The fraction of sp³-hybridized carbons (Fsp3) is 0.188. The van der Waals surface area contributed by atoms with Crippen molar-refractivity contribution in [3.63, 3.8) is 0 Å². The normalized spacial score (nSPS) is 15.9. The SMILES string of the molecule is COc1ccc(F)cc1C(=O)NC1COc2cc(Br)ccc21. The number of carbonyl (C=O) groups is 1. The third kappa shape index (κ3) is 2.78. The second-order valence-corrected chi connectivity index (χ2v) is 5.78. The summed E-state index contributed by atoms with van der Waals surface area (Å²) in [5.41, 5.74) is 1.06. The van der Waals surface area contributed by atoms with E-state index in [1.165, 1.54) is 19.2 Å². The minimum atomic E-state index is -0.488. The summed E-state index contributed by atoms with van der Waals surface area (Å²) >= 11 is 3.37. The van der Waals surface area contributed by atoms with Crippen molar-refractivity contribution >= 4 is 21.8 Å². The highest BCUT2D eigenvalue weighted by Gasteiger charge is 2.27. The number of ether oxygens (including phenoxy) is 2. The van der Waals surface area contributed by atoms with E-state index in [0.29, 0.717) is 12.4 Å². The second kappa shape index (κ2) is 5.96. The van der Waals surface area contributed by atoms with Crippen LogP contribution < -0.4 is 14.8 Å². The molecule has 6 heteroatoms. The summed E-state index contributed by atoms with van der Waals surface area (Å²) in [6, 6.07) is 9.19. The summed E-state index contributed by atoms with van der Waals surface area (Å²) in [5, 5.41) is 2.85. The Morgan fingerprint density at radius 3 is 2.95 bits per heavy atom. The van der Waals surface area contributed by atoms with Crippen LogP contribution in [0.4, 0.5) is 4.39 Å². The molecule has 2 aromatic carbocycles. The van der Waals surface area contributed by atoms with Gasteiger partial charge >= 0.3 is 0 Å². The Labute approximate surface area is 135 Å². The summed E-state index contributed by atoms with van der Waals surface area (Å²) in [6.07, 6.45) is 0. The van der Waals surface area contributed by atoms with Gasteiger partial charge in [0, 0.05) is 10.0 Å². The lowest BCUT2D eigenvalue weighted by Crippen LogP contribution is -2.29. The van der Waals surface area contributed by atoms with E-state index in [4.69, 9.17) is 9.47 Å². The van der Waals surface area contributed by atoms with Crippen LogP contribution in [0.25, 0.3) is 0 Å². The minimum absolute atomic E-state index is 0.160. The summed E-state index contributed by atoms with van der Waals surface area (Å²) in [5.74, 6) is 0.165. The van der Waals surface area contributed by atoms with Gasteiger partial charge < -0.3 is 14.8 Å². The van der Waals surface area contributed by atoms with Crippen LogP contribution in [0.3, 0.4) is 0 Å². The molecule has 1 amide bonds. The fourth-order valence-electron chi connectivity index (χ4n) is 2.40. The number of benzene rings is 2. The zero-order chi connectivity index (χ0) is 15.7. The molecule has 1 unspecified atom stereocenters. The maximum Gasteiger partial charge on any atom is 0.255 e. The van der Waals surface area contributed by atoms with Crippen molar-refractivity contribution in [2.24, 2.45) is 0 Å². The zero-order valence-corrected chi connectivity index (χ0v) is 13.3. The van der Waals surface area contributed by atoms with Gasteiger partial charge in [-0.25, -0.2) is 4.39 Å². The summed E-state index contributed by atoms with van der Waals surface area (Å²) < 4.78 is 24.9. The standard InChI is InChI=1S/C16H13BrFNO3/c1-21-14-5-3-10(18)7-12(14)16(20)19-13-8-22-15-6-9(17)2-4-11(13)15/h2-7,13H,8H2,1H3,(H,19,20). The van der Waals surface area contributed by atoms with E-state index >= 15 is 0 Å². The van der Waals surface area contributed by atoms with Gasteiger partial charge in [0.1, 0.15) is 23.9 Å². The Bertz CT molecular complexity index is 735. The number of rotatable bonds is 3. The van der Waals surface area contributed by atoms with Crippen LogP contribution in [0.1, 0.15) is 22.0 Å². The third-order valence-electron chi connectivity index (χ3n) is 3.47. The van der Waals surface area contributed by atoms with Gasteiger partial charge in [0.2, 0.25) is 0 Å². The number of halogens is 2. The quantitative estimate of drug-likeness (QED) is 0.905. The first kappa shape index (κ1) is 14.8. The number of fused-ring (bicyclic) bond motifs is 1. The molecule has 0 bridgehead atoms. The van der Waals surface area contributed by atoms with Crippen molar-refractivity contribution in [1.29, 1.82) is 0 Å². The van der Waals surface area contributed by atoms with Crippen molar-refractivity contribution < 1.29 is 18.7 Å². The second-order valence-electron chi connectivity index (χ2n) is 4.86. The highest BCUT2D eigenvalue weighted by molar-refractivity contribution is 9.10. The third-order valence-corrected chi connectivity index (χ3v) is 3.96. The predicted octanol–water partition coefficient (Wildman–Crippen LogP) is 3.46. The van der Waals surface area contributed by atoms with E-state index in [2.05, 4.69) is 21.2 Å². The predicted molar refractivity (Wildman–Crippen MR) is 82.8 cm³/mol. The van der Waals surface area contributed by atoms with Crippen LogP contribution in [-0.2, 0) is 0 Å². The van der Waals surface area contributed by atoms with Gasteiger partial charge in [-0.1, -0.05) is 22.0 Å². The molecule has 1 atom stereocenters. The molecule has 1 heterocycles. The van der Waals surface area contributed by atoms with Crippen molar-refractivity contribution in [3.8, 4) is 11.5 Å². The maximum absolute atomic E-state index is 13.4. The highest BCUT2D eigenvalue weighted by Crippen LogP contribution is 2.34. The van der Waals surface area contributed by atoms with E-state index in [-0.39, 0.29) is 11.6 Å². The fourth-order valence-corrected chi connectivity index (χ4v) is 2.74. The molecular formula is C16H13BrFNO3. The van der Waals surface area contributed by atoms with Gasteiger partial charge in [-0.2, -0.15) is 0 Å². The Morgan fingerprint density at radius 2 is 2.18 bits per heavy atom. The lowest BCUT2D eigenvalue weighted by molar-refractivity contribution is 0.0926. The molecule has 1 aliphatic rings. The number of nitrogens with one attached hydrogen (secondary N) is 1. The van der Waals surface area contributed by atoms with Crippen LogP contribution in [0.5, 0.6) is 11.5 Å². The molecule has 0 saturated heterocycles. The maximum atomic E-state index is 13.4. The van der Waals surface area contributed by atoms with Crippen molar-refractivity contribution in [2.75, 3.05) is 13.7 Å². The molecule has 3 rings (SSSR count). The van der Waals surface area contributed by atoms with Gasteiger partial charge in [-0.15, -0.1) is 0 Å². The van der Waals surface area contributed by atoms with E-state index in [1.807, 2.05) is 18.2 Å². The molecule has 0 spiro atoms. The number of amides is 1. The average molecular weight is 366 g/mol. The van der Waals surface area contributed by atoms with E-state index < -0.39 is 11.7 Å². The summed E-state index contributed by atoms with van der Waals surface area (Å²) in [6.45, 7) is 0.342. The lowest BCUT2D eigenvalue weighted by Gasteiger charge is -2.14. The highest BCUT2D eigenvalue weighted by atomic mass is 79.9. The van der Waals surface area contributed by atoms with E-state index in [0.717, 1.165) is 21.9 Å². The first-order chi connectivity index (χ1) is 10.6. The van der Waals surface area contributed by atoms with Crippen LogP contribution in [0, 0.1) is 5.82 Å². The Hall–Kier alpha value is -2.08. The molecule has 0 aliphatic carbocycles. The first-order valence-electron chi connectivity index (χ1n) is 6.65. The molecule has 0 fully saturated rings. The van der Waals surface area contributed by atoms with Crippen LogP contribution in [0.2, 0.25) is 0 Å². The molecule has 0 saturated carbocycles. The summed E-state index contributed by atoms with van der Waals surface area (Å²) in [7, 11) is 1.44. The smallest absolute Gasteiger partial charge is 0.255 e. The average Bonchev–Trinajstić information content (AvgIpc) is 2.89. The van der Waals surface area contributed by atoms with Crippen LogP contribution in [-0.4, -0.2) is 19.6 Å². The Balaban J connectivity index is 1.83.